The normalized spacial score (nSPS) is 19.1. The number of methoxy groups -OCH3 is 1. The number of aromatic nitrogens is 1. The van der Waals surface area contributed by atoms with Crippen LogP contribution in [0, 0.1) is 0 Å². The van der Waals surface area contributed by atoms with Crippen molar-refractivity contribution in [2.45, 2.75) is 25.4 Å². The van der Waals surface area contributed by atoms with Crippen LogP contribution in [0.3, 0.4) is 0 Å². The van der Waals surface area contributed by atoms with Gasteiger partial charge in [-0.3, -0.25) is 0 Å². The molecule has 1 saturated heterocycles. The molecule has 1 aromatic heterocycles. The molecule has 16 heavy (non-hydrogen) atoms. The zero-order chi connectivity index (χ0) is 11.4. The number of hydrogen-bond acceptors (Lipinski definition) is 4. The molecule has 0 radical (unpaired) electrons. The topological polar surface area (TPSA) is 43.4 Å². The van der Waals surface area contributed by atoms with Crippen LogP contribution in [0.15, 0.2) is 18.3 Å². The van der Waals surface area contributed by atoms with Gasteiger partial charge in [0, 0.05) is 6.07 Å². The van der Waals surface area contributed by atoms with Crippen molar-refractivity contribution in [2.24, 2.45) is 0 Å². The molecule has 4 nitrogen and oxygen atoms in total. The molecule has 0 amide bonds. The number of hydrogen-bond donors (Lipinski definition) is 1. The molecule has 0 bridgehead atoms. The third kappa shape index (κ3) is 2.64. The highest BCUT2D eigenvalue weighted by Gasteiger charge is 2.28. The van der Waals surface area contributed by atoms with E-state index in [0.29, 0.717) is 5.88 Å². The Hall–Kier alpha value is -1.29. The smallest absolute Gasteiger partial charge is 0.213 e. The Kier molecular flexibility index (Phi) is 3.29. The van der Waals surface area contributed by atoms with Crippen molar-refractivity contribution in [3.8, 4) is 11.6 Å². The third-order valence-electron chi connectivity index (χ3n) is 2.94. The summed E-state index contributed by atoms with van der Waals surface area (Å²) in [5, 5.41) is 3.33. The van der Waals surface area contributed by atoms with Gasteiger partial charge in [-0.05, 0) is 38.9 Å². The van der Waals surface area contributed by atoms with Gasteiger partial charge in [-0.25, -0.2) is 4.98 Å². The molecule has 1 aliphatic rings. The van der Waals surface area contributed by atoms with Crippen LogP contribution in [-0.4, -0.2) is 30.8 Å². The maximum Gasteiger partial charge on any atom is 0.213 e. The molecule has 0 spiro atoms. The number of nitrogens with zero attached hydrogens (tertiary/aromatic N) is 1. The van der Waals surface area contributed by atoms with E-state index in [4.69, 9.17) is 9.47 Å². The first-order valence-corrected chi connectivity index (χ1v) is 5.62. The van der Waals surface area contributed by atoms with Crippen LogP contribution >= 0.6 is 0 Å². The Balaban J connectivity index is 2.01. The first-order chi connectivity index (χ1) is 7.72. The highest BCUT2D eigenvalue weighted by molar-refractivity contribution is 5.23. The van der Waals surface area contributed by atoms with Crippen molar-refractivity contribution >= 4 is 0 Å². The van der Waals surface area contributed by atoms with Crippen molar-refractivity contribution in [3.05, 3.63) is 18.3 Å². The Bertz CT molecular complexity index is 331. The largest absolute Gasteiger partial charge is 0.486 e. The van der Waals surface area contributed by atoms with Crippen molar-refractivity contribution < 1.29 is 9.47 Å². The fraction of sp³-hybridized carbons (Fsp3) is 0.583. The lowest BCUT2D eigenvalue weighted by molar-refractivity contribution is 0.0551. The minimum absolute atomic E-state index is 0.0679. The second-order valence-electron chi connectivity index (χ2n) is 4.34. The summed E-state index contributed by atoms with van der Waals surface area (Å²) in [7, 11) is 1.61. The van der Waals surface area contributed by atoms with Crippen molar-refractivity contribution in [1.29, 1.82) is 0 Å². The predicted octanol–water partition coefficient (Wildman–Crippen LogP) is 1.61. The van der Waals surface area contributed by atoms with Gasteiger partial charge in [-0.2, -0.15) is 0 Å². The van der Waals surface area contributed by atoms with E-state index >= 15 is 0 Å². The van der Waals surface area contributed by atoms with Gasteiger partial charge < -0.3 is 14.8 Å². The van der Waals surface area contributed by atoms with E-state index in [9.17, 15) is 0 Å². The van der Waals surface area contributed by atoms with E-state index in [-0.39, 0.29) is 5.60 Å². The fourth-order valence-electron chi connectivity index (χ4n) is 1.89. The van der Waals surface area contributed by atoms with E-state index < -0.39 is 0 Å². The number of pyridine rings is 1. The van der Waals surface area contributed by atoms with Gasteiger partial charge in [0.05, 0.1) is 13.3 Å². The lowest BCUT2D eigenvalue weighted by atomic mass is 9.94. The molecule has 0 unspecified atom stereocenters. The molecule has 2 heterocycles. The Morgan fingerprint density at radius 1 is 1.31 bits per heavy atom. The van der Waals surface area contributed by atoms with Crippen molar-refractivity contribution in [2.75, 3.05) is 20.2 Å². The quantitative estimate of drug-likeness (QED) is 0.843. The van der Waals surface area contributed by atoms with Gasteiger partial charge in [-0.1, -0.05) is 0 Å². The monoisotopic (exact) mass is 222 g/mol. The number of ether oxygens (including phenoxy) is 2. The minimum atomic E-state index is -0.0679. The van der Waals surface area contributed by atoms with E-state index in [2.05, 4.69) is 17.2 Å². The summed E-state index contributed by atoms with van der Waals surface area (Å²) in [5.41, 5.74) is -0.0679. The van der Waals surface area contributed by atoms with Gasteiger partial charge in [-0.15, -0.1) is 0 Å². The van der Waals surface area contributed by atoms with Crippen LogP contribution in [0.1, 0.15) is 19.8 Å². The SMILES string of the molecule is COc1ccc(OC2(C)CCNCC2)cn1. The molecule has 4 heteroatoms. The lowest BCUT2D eigenvalue weighted by Gasteiger charge is -2.34. The Morgan fingerprint density at radius 2 is 2.06 bits per heavy atom. The molecule has 1 N–H and O–H groups in total. The maximum absolute atomic E-state index is 5.98. The van der Waals surface area contributed by atoms with Gasteiger partial charge in [0.25, 0.3) is 0 Å². The first-order valence-electron chi connectivity index (χ1n) is 5.62. The zero-order valence-corrected chi connectivity index (χ0v) is 9.82. The summed E-state index contributed by atoms with van der Waals surface area (Å²) in [4.78, 5) is 4.13. The summed E-state index contributed by atoms with van der Waals surface area (Å²) in [6.07, 6.45) is 3.77. The van der Waals surface area contributed by atoms with Crippen LogP contribution in [0.25, 0.3) is 0 Å². The second kappa shape index (κ2) is 4.70. The van der Waals surface area contributed by atoms with E-state index in [0.717, 1.165) is 31.7 Å². The molecular weight excluding hydrogens is 204 g/mol. The molecule has 0 aromatic carbocycles. The van der Waals surface area contributed by atoms with E-state index in [1.165, 1.54) is 0 Å². The van der Waals surface area contributed by atoms with Gasteiger partial charge in [0.2, 0.25) is 5.88 Å². The number of rotatable bonds is 3. The molecule has 0 aliphatic carbocycles. The summed E-state index contributed by atoms with van der Waals surface area (Å²) in [5.74, 6) is 1.42. The average molecular weight is 222 g/mol. The molecule has 88 valence electrons. The summed E-state index contributed by atoms with van der Waals surface area (Å²) < 4.78 is 11.0. The molecule has 0 saturated carbocycles. The lowest BCUT2D eigenvalue weighted by Crippen LogP contribution is -2.43. The molecule has 1 fully saturated rings. The molecule has 2 rings (SSSR count). The number of piperidine rings is 1. The molecular formula is C12H18N2O2. The summed E-state index contributed by atoms with van der Waals surface area (Å²) in [6.45, 7) is 4.18. The maximum atomic E-state index is 5.98. The minimum Gasteiger partial charge on any atom is -0.486 e. The fourth-order valence-corrected chi connectivity index (χ4v) is 1.89. The predicted molar refractivity (Wildman–Crippen MR) is 61.9 cm³/mol. The molecule has 0 atom stereocenters. The summed E-state index contributed by atoms with van der Waals surface area (Å²) >= 11 is 0. The molecule has 1 aromatic rings. The number of nitrogens with one attached hydrogen (secondary N) is 1. The molecule has 1 aliphatic heterocycles. The van der Waals surface area contributed by atoms with Crippen LogP contribution in [0.2, 0.25) is 0 Å². The van der Waals surface area contributed by atoms with E-state index in [1.54, 1.807) is 13.3 Å². The standard InChI is InChI=1S/C12H18N2O2/c1-12(5-7-13-8-6-12)16-10-3-4-11(15-2)14-9-10/h3-4,9,13H,5-8H2,1-2H3. The van der Waals surface area contributed by atoms with Crippen LogP contribution in [-0.2, 0) is 0 Å². The van der Waals surface area contributed by atoms with Gasteiger partial charge in [0.15, 0.2) is 0 Å². The van der Waals surface area contributed by atoms with Gasteiger partial charge in [0.1, 0.15) is 11.4 Å². The second-order valence-corrected chi connectivity index (χ2v) is 4.34. The van der Waals surface area contributed by atoms with E-state index in [1.807, 2.05) is 12.1 Å². The van der Waals surface area contributed by atoms with Crippen LogP contribution in [0.5, 0.6) is 11.6 Å². The Morgan fingerprint density at radius 3 is 2.62 bits per heavy atom. The Labute approximate surface area is 96.0 Å². The zero-order valence-electron chi connectivity index (χ0n) is 9.82. The van der Waals surface area contributed by atoms with Crippen molar-refractivity contribution in [3.63, 3.8) is 0 Å². The summed E-state index contributed by atoms with van der Waals surface area (Å²) in [6, 6.07) is 3.72. The third-order valence-corrected chi connectivity index (χ3v) is 2.94. The van der Waals surface area contributed by atoms with Crippen LogP contribution < -0.4 is 14.8 Å². The van der Waals surface area contributed by atoms with Crippen molar-refractivity contribution in [1.82, 2.24) is 10.3 Å². The first kappa shape index (κ1) is 11.2. The highest BCUT2D eigenvalue weighted by atomic mass is 16.5. The highest BCUT2D eigenvalue weighted by Crippen LogP contribution is 2.26. The van der Waals surface area contributed by atoms with Gasteiger partial charge >= 0.3 is 0 Å². The van der Waals surface area contributed by atoms with Crippen LogP contribution in [0.4, 0.5) is 0 Å². The average Bonchev–Trinajstić information content (AvgIpc) is 2.30.